The summed E-state index contributed by atoms with van der Waals surface area (Å²) in [6.07, 6.45) is 7.66. The molecule has 3 heteroatoms. The second-order valence-corrected chi connectivity index (χ2v) is 5.42. The molecule has 0 bridgehead atoms. The number of hydrogen-bond donors (Lipinski definition) is 0. The number of rotatable bonds is 6. The maximum Gasteiger partial charge on any atom is 0.190 e. The normalized spacial score (nSPS) is 24.2. The molecule has 1 rings (SSSR count). The summed E-state index contributed by atoms with van der Waals surface area (Å²) in [5.41, 5.74) is 0.523. The quantitative estimate of drug-likeness (QED) is 0.483. The Morgan fingerprint density at radius 1 is 1.38 bits per heavy atom. The van der Waals surface area contributed by atoms with Gasteiger partial charge < -0.3 is 9.16 Å². The van der Waals surface area contributed by atoms with Crippen LogP contribution in [0, 0.1) is 0 Å². The minimum Gasteiger partial charge on any atom is -0.421 e. The third-order valence-corrected chi connectivity index (χ3v) is 4.01. The van der Waals surface area contributed by atoms with E-state index in [0.29, 0.717) is 5.73 Å². The molecule has 1 heterocycles. The molecule has 13 heavy (non-hydrogen) atoms. The fourth-order valence-corrected chi connectivity index (χ4v) is 2.96. The summed E-state index contributed by atoms with van der Waals surface area (Å²) in [6, 6.07) is 0. The van der Waals surface area contributed by atoms with Crippen LogP contribution in [0.25, 0.3) is 0 Å². The molecule has 1 saturated heterocycles. The maximum atomic E-state index is 5.69. The Bertz CT molecular complexity index is 113. The van der Waals surface area contributed by atoms with Gasteiger partial charge in [-0.1, -0.05) is 19.8 Å². The van der Waals surface area contributed by atoms with Crippen LogP contribution in [-0.4, -0.2) is 28.7 Å². The Labute approximate surface area is 83.9 Å². The Morgan fingerprint density at radius 2 is 2.31 bits per heavy atom. The molecule has 0 aromatic carbocycles. The number of unbranched alkanes of at least 4 members (excludes halogenated alkanes) is 2. The summed E-state index contributed by atoms with van der Waals surface area (Å²) in [6.45, 7) is 4.16. The lowest BCUT2D eigenvalue weighted by molar-refractivity contribution is 0.0549. The van der Waals surface area contributed by atoms with E-state index in [1.165, 1.54) is 38.5 Å². The highest BCUT2D eigenvalue weighted by Crippen LogP contribution is 2.11. The molecular formula is C10H22O2Si. The Balaban J connectivity index is 1.86. The highest BCUT2D eigenvalue weighted by Gasteiger charge is 2.14. The number of hydrogen-bond acceptors (Lipinski definition) is 2. The summed E-state index contributed by atoms with van der Waals surface area (Å²) >= 11 is 0. The van der Waals surface area contributed by atoms with E-state index in [1.807, 2.05) is 0 Å². The first-order chi connectivity index (χ1) is 6.43. The SMILES string of the molecule is CCCCCO[SiH2]C1CCCCO1. The highest BCUT2D eigenvalue weighted by atomic mass is 28.2. The zero-order valence-corrected chi connectivity index (χ0v) is 10.2. The van der Waals surface area contributed by atoms with Crippen molar-refractivity contribution in [2.24, 2.45) is 0 Å². The van der Waals surface area contributed by atoms with Gasteiger partial charge in [0.2, 0.25) is 0 Å². The van der Waals surface area contributed by atoms with Crippen LogP contribution >= 0.6 is 0 Å². The van der Waals surface area contributed by atoms with Gasteiger partial charge in [-0.3, -0.25) is 0 Å². The third kappa shape index (κ3) is 5.44. The minimum atomic E-state index is -0.385. The molecule has 1 aliphatic rings. The van der Waals surface area contributed by atoms with Crippen LogP contribution in [0.15, 0.2) is 0 Å². The van der Waals surface area contributed by atoms with Crippen LogP contribution in [0.1, 0.15) is 45.4 Å². The zero-order chi connectivity index (χ0) is 9.36. The third-order valence-electron chi connectivity index (χ3n) is 2.47. The lowest BCUT2D eigenvalue weighted by Gasteiger charge is -2.21. The van der Waals surface area contributed by atoms with Crippen LogP contribution in [0.3, 0.4) is 0 Å². The van der Waals surface area contributed by atoms with Gasteiger partial charge in [0.05, 0.1) is 5.73 Å². The zero-order valence-electron chi connectivity index (χ0n) is 8.76. The predicted octanol–water partition coefficient (Wildman–Crippen LogP) is 1.80. The molecule has 0 amide bonds. The fraction of sp³-hybridized carbons (Fsp3) is 1.00. The second kappa shape index (κ2) is 7.53. The molecule has 0 saturated carbocycles. The topological polar surface area (TPSA) is 18.5 Å². The minimum absolute atomic E-state index is 0.385. The molecule has 1 aliphatic heterocycles. The molecule has 0 aromatic heterocycles. The van der Waals surface area contributed by atoms with Crippen molar-refractivity contribution < 1.29 is 9.16 Å². The molecule has 2 nitrogen and oxygen atoms in total. The first-order valence-electron chi connectivity index (χ1n) is 5.63. The van der Waals surface area contributed by atoms with Gasteiger partial charge in [0.1, 0.15) is 0 Å². The molecular weight excluding hydrogens is 180 g/mol. The van der Waals surface area contributed by atoms with Crippen molar-refractivity contribution in [3.8, 4) is 0 Å². The van der Waals surface area contributed by atoms with Crippen molar-refractivity contribution in [1.29, 1.82) is 0 Å². The standard InChI is InChI=1S/C10H22O2Si/c1-2-3-5-9-12-13-10-7-4-6-8-11-10/h10H,2-9,13H2,1H3. The first-order valence-corrected chi connectivity index (χ1v) is 7.02. The number of ether oxygens (including phenoxy) is 1. The van der Waals surface area contributed by atoms with Crippen molar-refractivity contribution in [3.63, 3.8) is 0 Å². The van der Waals surface area contributed by atoms with Crippen molar-refractivity contribution in [2.75, 3.05) is 13.2 Å². The van der Waals surface area contributed by atoms with Crippen molar-refractivity contribution >= 4 is 9.76 Å². The van der Waals surface area contributed by atoms with Crippen LogP contribution in [0.4, 0.5) is 0 Å². The highest BCUT2D eigenvalue weighted by molar-refractivity contribution is 6.29. The van der Waals surface area contributed by atoms with Crippen molar-refractivity contribution in [1.82, 2.24) is 0 Å². The first kappa shape index (κ1) is 11.2. The summed E-state index contributed by atoms with van der Waals surface area (Å²) in [4.78, 5) is 0. The largest absolute Gasteiger partial charge is 0.421 e. The van der Waals surface area contributed by atoms with E-state index in [4.69, 9.17) is 9.16 Å². The van der Waals surface area contributed by atoms with E-state index < -0.39 is 0 Å². The van der Waals surface area contributed by atoms with Gasteiger partial charge in [-0.25, -0.2) is 0 Å². The molecule has 0 aliphatic carbocycles. The molecule has 0 spiro atoms. The summed E-state index contributed by atoms with van der Waals surface area (Å²) in [5.74, 6) is 0. The lowest BCUT2D eigenvalue weighted by atomic mass is 10.2. The van der Waals surface area contributed by atoms with Gasteiger partial charge in [-0.15, -0.1) is 0 Å². The predicted molar refractivity (Wildman–Crippen MR) is 57.6 cm³/mol. The molecule has 1 unspecified atom stereocenters. The molecule has 1 fully saturated rings. The smallest absolute Gasteiger partial charge is 0.190 e. The van der Waals surface area contributed by atoms with Crippen molar-refractivity contribution in [2.45, 2.75) is 51.2 Å². The van der Waals surface area contributed by atoms with Gasteiger partial charge in [0, 0.05) is 13.2 Å². The Morgan fingerprint density at radius 3 is 3.00 bits per heavy atom. The van der Waals surface area contributed by atoms with Gasteiger partial charge in [-0.2, -0.15) is 0 Å². The fourth-order valence-electron chi connectivity index (χ4n) is 1.61. The van der Waals surface area contributed by atoms with E-state index in [0.717, 1.165) is 13.2 Å². The van der Waals surface area contributed by atoms with Crippen LogP contribution in [0.5, 0.6) is 0 Å². The summed E-state index contributed by atoms with van der Waals surface area (Å²) < 4.78 is 11.3. The van der Waals surface area contributed by atoms with Crippen LogP contribution in [-0.2, 0) is 9.16 Å². The van der Waals surface area contributed by atoms with Crippen LogP contribution in [0.2, 0.25) is 0 Å². The Hall–Kier alpha value is 0.137. The molecule has 0 N–H and O–H groups in total. The van der Waals surface area contributed by atoms with E-state index in [1.54, 1.807) is 0 Å². The average molecular weight is 202 g/mol. The molecule has 0 aromatic rings. The summed E-state index contributed by atoms with van der Waals surface area (Å²) in [5, 5.41) is 0. The van der Waals surface area contributed by atoms with E-state index in [2.05, 4.69) is 6.92 Å². The summed E-state index contributed by atoms with van der Waals surface area (Å²) in [7, 11) is -0.385. The lowest BCUT2D eigenvalue weighted by Crippen LogP contribution is -2.27. The average Bonchev–Trinajstić information content (AvgIpc) is 2.19. The van der Waals surface area contributed by atoms with E-state index in [-0.39, 0.29) is 9.76 Å². The van der Waals surface area contributed by atoms with E-state index in [9.17, 15) is 0 Å². The monoisotopic (exact) mass is 202 g/mol. The van der Waals surface area contributed by atoms with Crippen LogP contribution < -0.4 is 0 Å². The Kier molecular flexibility index (Phi) is 6.50. The second-order valence-electron chi connectivity index (χ2n) is 3.77. The van der Waals surface area contributed by atoms with Gasteiger partial charge in [0.15, 0.2) is 9.76 Å². The van der Waals surface area contributed by atoms with E-state index >= 15 is 0 Å². The van der Waals surface area contributed by atoms with Gasteiger partial charge in [0.25, 0.3) is 0 Å². The molecule has 1 atom stereocenters. The van der Waals surface area contributed by atoms with Crippen molar-refractivity contribution in [3.05, 3.63) is 0 Å². The maximum absolute atomic E-state index is 5.69. The van der Waals surface area contributed by atoms with Gasteiger partial charge >= 0.3 is 0 Å². The molecule has 0 radical (unpaired) electrons. The molecule has 78 valence electrons. The van der Waals surface area contributed by atoms with Gasteiger partial charge in [-0.05, 0) is 25.7 Å².